The van der Waals surface area contributed by atoms with Gasteiger partial charge in [-0.25, -0.2) is 0 Å². The summed E-state index contributed by atoms with van der Waals surface area (Å²) in [6, 6.07) is 1.22. The van der Waals surface area contributed by atoms with Gasteiger partial charge in [-0.05, 0) is 109 Å². The van der Waals surface area contributed by atoms with Crippen LogP contribution in [0.3, 0.4) is 0 Å². The van der Waals surface area contributed by atoms with Gasteiger partial charge in [-0.2, -0.15) is 0 Å². The number of aliphatic hydroxyl groups is 1. The van der Waals surface area contributed by atoms with Crippen LogP contribution >= 0.6 is 11.8 Å². The fourth-order valence-corrected chi connectivity index (χ4v) is 10.9. The molecule has 342 valence electrons. The normalized spacial score (nSPS) is 13.1. The van der Waals surface area contributed by atoms with Gasteiger partial charge >= 0.3 is 5.97 Å². The first kappa shape index (κ1) is 56.9. The van der Waals surface area contributed by atoms with E-state index in [1.807, 2.05) is 11.8 Å². The molecule has 0 fully saturated rings. The van der Waals surface area contributed by atoms with Crippen LogP contribution in [0.25, 0.3) is 0 Å². The van der Waals surface area contributed by atoms with Gasteiger partial charge in [-0.15, -0.1) is 11.8 Å². The summed E-state index contributed by atoms with van der Waals surface area (Å²) in [5, 5.41) is 9.40. The number of aliphatic hydroxyl groups excluding tert-OH is 1. The average Bonchev–Trinajstić information content (AvgIpc) is 3.19. The number of thioether (sulfide) groups is 1. The molecule has 0 rings (SSSR count). The molecule has 0 aliphatic carbocycles. The molecule has 0 radical (unpaired) electrons. The zero-order valence-electron chi connectivity index (χ0n) is 39.4. The maximum Gasteiger partial charge on any atom is 0.319 e. The molecule has 2 atom stereocenters. The van der Waals surface area contributed by atoms with E-state index in [0.717, 1.165) is 83.4 Å². The lowest BCUT2D eigenvalue weighted by atomic mass is 10.1. The first-order valence-electron chi connectivity index (χ1n) is 25.2. The van der Waals surface area contributed by atoms with Crippen LogP contribution in [0.4, 0.5) is 0 Å². The quantitative estimate of drug-likeness (QED) is 0.0283. The number of esters is 1. The van der Waals surface area contributed by atoms with Crippen LogP contribution < -0.4 is 0 Å². The van der Waals surface area contributed by atoms with Crippen molar-refractivity contribution in [3.05, 3.63) is 0 Å². The van der Waals surface area contributed by atoms with Gasteiger partial charge in [0.05, 0.1) is 6.61 Å². The predicted octanol–water partition coefficient (Wildman–Crippen LogP) is 15.1. The van der Waals surface area contributed by atoms with Crippen molar-refractivity contribution in [3.63, 3.8) is 0 Å². The highest BCUT2D eigenvalue weighted by molar-refractivity contribution is 8.00. The fraction of sp³-hybridized carbons (Fsp3) is 0.980. The van der Waals surface area contributed by atoms with Crippen molar-refractivity contribution in [1.29, 1.82) is 0 Å². The Bertz CT molecular complexity index is 821. The van der Waals surface area contributed by atoms with Gasteiger partial charge < -0.3 is 23.9 Å². The zero-order valence-corrected chi connectivity index (χ0v) is 41.2. The average molecular weight is 845 g/mol. The number of carbonyl (C=O) groups excluding carboxylic acids is 1. The van der Waals surface area contributed by atoms with Crippen molar-refractivity contribution in [1.82, 2.24) is 4.90 Å². The Morgan fingerprint density at radius 3 is 1.58 bits per heavy atom. The maximum absolute atomic E-state index is 13.0. The maximum atomic E-state index is 13.0. The van der Waals surface area contributed by atoms with E-state index in [-0.39, 0.29) is 24.1 Å². The molecular formula is C49H101NO5SSi. The summed E-state index contributed by atoms with van der Waals surface area (Å²) in [6.45, 7) is 18.9. The number of unbranched alkanes of at least 4 members (excludes halogenated alkanes) is 23. The lowest BCUT2D eigenvalue weighted by Crippen LogP contribution is -2.37. The number of hydrogen-bond acceptors (Lipinski definition) is 7. The van der Waals surface area contributed by atoms with Crippen molar-refractivity contribution >= 4 is 26.0 Å². The second-order valence-electron chi connectivity index (χ2n) is 17.8. The van der Waals surface area contributed by atoms with E-state index in [4.69, 9.17) is 13.9 Å². The van der Waals surface area contributed by atoms with Crippen molar-refractivity contribution in [2.45, 2.75) is 264 Å². The molecule has 0 saturated heterocycles. The summed E-state index contributed by atoms with van der Waals surface area (Å²) in [5.41, 5.74) is 0. The Morgan fingerprint density at radius 1 is 0.544 bits per heavy atom. The second kappa shape index (κ2) is 43.9. The summed E-state index contributed by atoms with van der Waals surface area (Å²) in [6.07, 6.45) is 39.0. The molecule has 0 aromatic rings. The van der Waals surface area contributed by atoms with Crippen LogP contribution in [-0.2, 0) is 18.7 Å². The molecule has 0 saturated carbocycles. The van der Waals surface area contributed by atoms with Gasteiger partial charge in [0.2, 0.25) is 0 Å². The van der Waals surface area contributed by atoms with Crippen molar-refractivity contribution < 1.29 is 23.8 Å². The van der Waals surface area contributed by atoms with E-state index in [0.29, 0.717) is 6.61 Å². The molecule has 2 unspecified atom stereocenters. The molecule has 8 heteroatoms. The van der Waals surface area contributed by atoms with Gasteiger partial charge in [0.25, 0.3) is 0 Å². The predicted molar refractivity (Wildman–Crippen MR) is 254 cm³/mol. The summed E-state index contributed by atoms with van der Waals surface area (Å²) in [7, 11) is -1.78. The van der Waals surface area contributed by atoms with E-state index in [9.17, 15) is 9.90 Å². The number of nitrogens with zero attached hydrogens (tertiary/aromatic N) is 1. The van der Waals surface area contributed by atoms with E-state index in [1.54, 1.807) is 0 Å². The first-order valence-corrected chi connectivity index (χ1v) is 29.4. The fourth-order valence-electron chi connectivity index (χ4n) is 7.64. The Balaban J connectivity index is 4.50. The smallest absolute Gasteiger partial charge is 0.319 e. The molecule has 0 aromatic heterocycles. The third-order valence-corrected chi connectivity index (χ3v) is 15.3. The minimum absolute atomic E-state index is 0.0114. The Morgan fingerprint density at radius 2 is 1.00 bits per heavy atom. The topological polar surface area (TPSA) is 68.2 Å². The largest absolute Gasteiger partial charge is 0.465 e. The number of rotatable bonds is 47. The van der Waals surface area contributed by atoms with Gasteiger partial charge in [-0.1, -0.05) is 169 Å². The van der Waals surface area contributed by atoms with Crippen molar-refractivity contribution in [3.8, 4) is 0 Å². The monoisotopic (exact) mass is 844 g/mol. The SMILES string of the molecule is CCCCCCCCOC(CCCCCCC)O[Si](C)(C)CCCCCCN(CCCCO)CCCCCCOC(=O)C(CCCCCCCC)SCCCCC. The third kappa shape index (κ3) is 39.8. The van der Waals surface area contributed by atoms with Crippen molar-refractivity contribution in [2.75, 3.05) is 45.2 Å². The molecule has 0 amide bonds. The molecular weight excluding hydrogens is 743 g/mol. The minimum atomic E-state index is -1.78. The third-order valence-electron chi connectivity index (χ3n) is 11.4. The van der Waals surface area contributed by atoms with Gasteiger partial charge in [0.1, 0.15) is 11.5 Å². The highest BCUT2D eigenvalue weighted by Crippen LogP contribution is 2.24. The Kier molecular flexibility index (Phi) is 43.9. The van der Waals surface area contributed by atoms with E-state index >= 15 is 0 Å². The van der Waals surface area contributed by atoms with Crippen LogP contribution in [0, 0.1) is 0 Å². The van der Waals surface area contributed by atoms with Gasteiger partial charge in [0.15, 0.2) is 8.32 Å². The highest BCUT2D eigenvalue weighted by Gasteiger charge is 2.27. The van der Waals surface area contributed by atoms with Gasteiger partial charge in [0, 0.05) is 13.2 Å². The van der Waals surface area contributed by atoms with E-state index in [1.165, 1.54) is 160 Å². The van der Waals surface area contributed by atoms with Crippen LogP contribution in [0.5, 0.6) is 0 Å². The molecule has 0 aliphatic rings. The van der Waals surface area contributed by atoms with Crippen LogP contribution in [0.15, 0.2) is 0 Å². The summed E-state index contributed by atoms with van der Waals surface area (Å²) in [5.74, 6) is 1.10. The van der Waals surface area contributed by atoms with Crippen LogP contribution in [0.1, 0.15) is 233 Å². The van der Waals surface area contributed by atoms with Crippen LogP contribution in [-0.4, -0.2) is 81.0 Å². The van der Waals surface area contributed by atoms with Gasteiger partial charge in [-0.3, -0.25) is 4.79 Å². The second-order valence-corrected chi connectivity index (χ2v) is 23.4. The Hall–Kier alpha value is -0.123. The molecule has 0 aliphatic heterocycles. The Labute approximate surface area is 362 Å². The molecule has 1 N–H and O–H groups in total. The first-order chi connectivity index (χ1) is 27.8. The van der Waals surface area contributed by atoms with E-state index in [2.05, 4.69) is 45.7 Å². The summed E-state index contributed by atoms with van der Waals surface area (Å²) < 4.78 is 19.0. The molecule has 6 nitrogen and oxygen atoms in total. The summed E-state index contributed by atoms with van der Waals surface area (Å²) >= 11 is 1.84. The number of hydrogen-bond donors (Lipinski definition) is 1. The van der Waals surface area contributed by atoms with Crippen LogP contribution in [0.2, 0.25) is 19.1 Å². The lowest BCUT2D eigenvalue weighted by Gasteiger charge is -2.30. The highest BCUT2D eigenvalue weighted by atomic mass is 32.2. The molecule has 0 spiro atoms. The number of ether oxygens (including phenoxy) is 2. The summed E-state index contributed by atoms with van der Waals surface area (Å²) in [4.78, 5) is 15.6. The van der Waals surface area contributed by atoms with Crippen molar-refractivity contribution in [2.24, 2.45) is 0 Å². The standard InChI is InChI=1S/C49H101NO5SSi/c1-7-11-15-18-21-27-37-47(56-45-35-14-10-4)49(52)54-44-34-25-22-29-39-50(41-31-32-42-51)40-30-23-26-36-46-57(5,6)55-48(38-28-20-17-13-9-3)53-43-33-24-19-16-12-8-2/h47-48,51H,7-46H2,1-6H3. The molecule has 0 aromatic carbocycles. The molecule has 0 heterocycles. The number of carbonyl (C=O) groups is 1. The molecule has 57 heavy (non-hydrogen) atoms. The lowest BCUT2D eigenvalue weighted by molar-refractivity contribution is -0.143. The zero-order chi connectivity index (χ0) is 41.9. The minimum Gasteiger partial charge on any atom is -0.465 e. The van der Waals surface area contributed by atoms with E-state index < -0.39 is 8.32 Å². The molecule has 0 bridgehead atoms.